The number of rotatable bonds is 9. The highest BCUT2D eigenvalue weighted by atomic mass is 16.7. The summed E-state index contributed by atoms with van der Waals surface area (Å²) in [5.74, 6) is -1.45. The Morgan fingerprint density at radius 2 is 1.90 bits per heavy atom. The lowest BCUT2D eigenvalue weighted by atomic mass is 9.74. The van der Waals surface area contributed by atoms with Crippen LogP contribution in [0.2, 0.25) is 0 Å². The lowest BCUT2D eigenvalue weighted by Gasteiger charge is -2.47. The van der Waals surface area contributed by atoms with Gasteiger partial charge in [-0.3, -0.25) is 19.4 Å². The lowest BCUT2D eigenvalue weighted by Crippen LogP contribution is -2.59. The molecule has 2 saturated heterocycles. The predicted molar refractivity (Wildman–Crippen MR) is 187 cm³/mol. The van der Waals surface area contributed by atoms with Gasteiger partial charge in [0.25, 0.3) is 0 Å². The minimum atomic E-state index is -1.42. The molecule has 12 heteroatoms. The molecule has 0 amide bonds. The van der Waals surface area contributed by atoms with Crippen LogP contribution in [0.5, 0.6) is 0 Å². The van der Waals surface area contributed by atoms with E-state index in [-0.39, 0.29) is 36.5 Å². The second kappa shape index (κ2) is 17.0. The van der Waals surface area contributed by atoms with Gasteiger partial charge in [-0.2, -0.15) is 0 Å². The van der Waals surface area contributed by atoms with Crippen molar-refractivity contribution in [1.29, 1.82) is 0 Å². The van der Waals surface area contributed by atoms with Crippen molar-refractivity contribution in [1.82, 2.24) is 24.7 Å². The maximum Gasteiger partial charge on any atom is 0.319 e. The standard InChI is InChI=1S/C37H63N5O7/c1-11-42-20-24(2)18-37(7,46-10)33(49-34-31(43)30(40(8)9)17-25(3)48-34)26(4)32(44)36(5,6)35(45)47-22-28(42)13-12-15-41-16-14-29-27(21-41)19-38-23-39-29/h19,23-26,28,30-31,33-34,43H,11-18,20-22H2,1-10H3/t24-,25-,26+,28+,30+,31-,33-,34+,37-/m1/s1. The summed E-state index contributed by atoms with van der Waals surface area (Å²) in [5, 5.41) is 11.4. The van der Waals surface area contributed by atoms with E-state index < -0.39 is 41.4 Å². The monoisotopic (exact) mass is 689 g/mol. The Morgan fingerprint density at radius 3 is 2.57 bits per heavy atom. The van der Waals surface area contributed by atoms with Crippen LogP contribution in [0, 0.1) is 17.3 Å². The summed E-state index contributed by atoms with van der Waals surface area (Å²) in [6, 6.07) is -0.180. The topological polar surface area (TPSA) is 127 Å². The third kappa shape index (κ3) is 9.44. The van der Waals surface area contributed by atoms with E-state index in [1.165, 1.54) is 5.56 Å². The molecular formula is C37H63N5O7. The molecule has 0 spiro atoms. The highest BCUT2D eigenvalue weighted by molar-refractivity contribution is 6.04. The molecule has 0 aliphatic carbocycles. The van der Waals surface area contributed by atoms with Gasteiger partial charge in [0.1, 0.15) is 24.5 Å². The quantitative estimate of drug-likeness (QED) is 0.302. The highest BCUT2D eigenvalue weighted by Crippen LogP contribution is 2.38. The fourth-order valence-electron chi connectivity index (χ4n) is 8.20. The van der Waals surface area contributed by atoms with Crippen LogP contribution >= 0.6 is 0 Å². The molecular weight excluding hydrogens is 626 g/mol. The summed E-state index contributed by atoms with van der Waals surface area (Å²) in [4.78, 5) is 43.5. The normalized spacial score (nSPS) is 35.6. The van der Waals surface area contributed by atoms with Gasteiger partial charge >= 0.3 is 5.97 Å². The first kappa shape index (κ1) is 39.7. The molecule has 0 radical (unpaired) electrons. The van der Waals surface area contributed by atoms with Crippen LogP contribution in [-0.4, -0.2) is 138 Å². The van der Waals surface area contributed by atoms with Gasteiger partial charge in [0.05, 0.1) is 17.8 Å². The minimum Gasteiger partial charge on any atom is -0.463 e. The van der Waals surface area contributed by atoms with Gasteiger partial charge in [-0.05, 0) is 86.5 Å². The molecule has 4 rings (SSSR count). The first-order chi connectivity index (χ1) is 23.1. The number of fused-ring (bicyclic) bond motifs is 1. The van der Waals surface area contributed by atoms with Gasteiger partial charge in [0.15, 0.2) is 12.1 Å². The summed E-state index contributed by atoms with van der Waals surface area (Å²) in [6.45, 7) is 17.8. The van der Waals surface area contributed by atoms with Gasteiger partial charge in [-0.1, -0.05) is 20.8 Å². The number of carbonyl (C=O) groups is 2. The number of aromatic nitrogens is 2. The zero-order valence-corrected chi connectivity index (χ0v) is 31.7. The Labute approximate surface area is 294 Å². The second-order valence-corrected chi connectivity index (χ2v) is 15.7. The zero-order chi connectivity index (χ0) is 36.1. The zero-order valence-electron chi connectivity index (χ0n) is 31.7. The molecule has 9 atom stereocenters. The minimum absolute atomic E-state index is 0.00280. The third-order valence-electron chi connectivity index (χ3n) is 11.2. The Hall–Kier alpha value is -2.06. The van der Waals surface area contributed by atoms with Gasteiger partial charge in [0.2, 0.25) is 0 Å². The van der Waals surface area contributed by atoms with Crippen LogP contribution < -0.4 is 0 Å². The van der Waals surface area contributed by atoms with Crippen molar-refractivity contribution in [3.8, 4) is 0 Å². The molecule has 0 bridgehead atoms. The van der Waals surface area contributed by atoms with Crippen molar-refractivity contribution < 1.29 is 33.6 Å². The van der Waals surface area contributed by atoms with Crippen LogP contribution in [0.15, 0.2) is 12.5 Å². The predicted octanol–water partition coefficient (Wildman–Crippen LogP) is 3.34. The molecule has 3 aliphatic heterocycles. The van der Waals surface area contributed by atoms with Crippen LogP contribution in [0.25, 0.3) is 0 Å². The van der Waals surface area contributed by atoms with Crippen LogP contribution in [0.4, 0.5) is 0 Å². The number of nitrogens with zero attached hydrogens (tertiary/aromatic N) is 5. The molecule has 1 aromatic rings. The summed E-state index contributed by atoms with van der Waals surface area (Å²) in [5.41, 5.74) is -0.0270. The smallest absolute Gasteiger partial charge is 0.319 e. The van der Waals surface area contributed by atoms with Crippen LogP contribution in [-0.2, 0) is 41.5 Å². The first-order valence-electron chi connectivity index (χ1n) is 18.3. The molecule has 0 aromatic carbocycles. The summed E-state index contributed by atoms with van der Waals surface area (Å²) in [6.07, 6.45) is 4.63. The highest BCUT2D eigenvalue weighted by Gasteiger charge is 2.51. The Kier molecular flexibility index (Phi) is 13.8. The molecule has 4 heterocycles. The summed E-state index contributed by atoms with van der Waals surface area (Å²) in [7, 11) is 5.50. The Morgan fingerprint density at radius 1 is 1.16 bits per heavy atom. The van der Waals surface area contributed by atoms with E-state index >= 15 is 0 Å². The van der Waals surface area contributed by atoms with Crippen molar-refractivity contribution in [2.45, 2.75) is 129 Å². The number of cyclic esters (lactones) is 1. The van der Waals surface area contributed by atoms with E-state index in [0.29, 0.717) is 12.8 Å². The number of aliphatic hydroxyl groups is 1. The summed E-state index contributed by atoms with van der Waals surface area (Å²) >= 11 is 0. The first-order valence-corrected chi connectivity index (χ1v) is 18.3. The molecule has 0 unspecified atom stereocenters. The number of ketones is 1. The fourth-order valence-corrected chi connectivity index (χ4v) is 8.20. The average molecular weight is 690 g/mol. The molecule has 0 saturated carbocycles. The third-order valence-corrected chi connectivity index (χ3v) is 11.2. The largest absolute Gasteiger partial charge is 0.463 e. The van der Waals surface area contributed by atoms with Crippen LogP contribution in [0.3, 0.4) is 0 Å². The van der Waals surface area contributed by atoms with Gasteiger partial charge < -0.3 is 29.0 Å². The van der Waals surface area contributed by atoms with Crippen molar-refractivity contribution >= 4 is 11.8 Å². The van der Waals surface area contributed by atoms with E-state index in [1.54, 1.807) is 34.2 Å². The maximum absolute atomic E-state index is 14.3. The fraction of sp³-hybridized carbons (Fsp3) is 0.838. The van der Waals surface area contributed by atoms with Crippen molar-refractivity contribution in [3.05, 3.63) is 23.8 Å². The number of likely N-dealkylation sites (N-methyl/N-ethyl adjacent to an activating group) is 2. The number of esters is 1. The molecule has 2 fully saturated rings. The number of hydrogen-bond acceptors (Lipinski definition) is 12. The summed E-state index contributed by atoms with van der Waals surface area (Å²) < 4.78 is 25.1. The molecule has 3 aliphatic rings. The molecule has 278 valence electrons. The van der Waals surface area contributed by atoms with Crippen molar-refractivity contribution in [2.75, 3.05) is 54.0 Å². The van der Waals surface area contributed by atoms with Crippen LogP contribution in [0.1, 0.15) is 85.4 Å². The van der Waals surface area contributed by atoms with E-state index in [2.05, 4.69) is 33.6 Å². The molecule has 1 aromatic heterocycles. The molecule has 1 N–H and O–H groups in total. The Balaban J connectivity index is 1.56. The number of Topliss-reactive ketones (excluding diaryl/α,β-unsaturated/α-hetero) is 1. The van der Waals surface area contributed by atoms with Gasteiger partial charge in [-0.25, -0.2) is 9.97 Å². The van der Waals surface area contributed by atoms with Gasteiger partial charge in [-0.15, -0.1) is 0 Å². The van der Waals surface area contributed by atoms with E-state index in [0.717, 1.165) is 57.7 Å². The van der Waals surface area contributed by atoms with Crippen molar-refractivity contribution in [3.63, 3.8) is 0 Å². The van der Waals surface area contributed by atoms with Gasteiger partial charge in [0, 0.05) is 68.6 Å². The Bertz CT molecular complexity index is 1250. The average Bonchev–Trinajstić information content (AvgIpc) is 3.07. The second-order valence-electron chi connectivity index (χ2n) is 15.7. The van der Waals surface area contributed by atoms with E-state index in [9.17, 15) is 14.7 Å². The molecule has 12 nitrogen and oxygen atoms in total. The van der Waals surface area contributed by atoms with E-state index in [1.807, 2.05) is 39.0 Å². The SMILES string of the molecule is CCN1C[C@H](C)C[C@@](C)(OC)[C@H](O[C@@H]2O[C@H](C)C[C@H](N(C)C)[C@H]2O)[C@@H](C)C(=O)C(C)(C)C(=O)OC[C@@H]1CCCN1CCc2ncncc2C1. The van der Waals surface area contributed by atoms with E-state index in [4.69, 9.17) is 18.9 Å². The number of methoxy groups -OCH3 is 1. The number of carbonyl (C=O) groups excluding carboxylic acids is 2. The molecule has 49 heavy (non-hydrogen) atoms. The number of hydrogen-bond donors (Lipinski definition) is 1. The lowest BCUT2D eigenvalue weighted by molar-refractivity contribution is -0.295. The van der Waals surface area contributed by atoms with Crippen molar-refractivity contribution in [2.24, 2.45) is 17.3 Å². The maximum atomic E-state index is 14.3. The number of ether oxygens (including phenoxy) is 4. The number of aliphatic hydroxyl groups excluding tert-OH is 1.